The first kappa shape index (κ1) is 10.4. The van der Waals surface area contributed by atoms with Crippen LogP contribution in [0.1, 0.15) is 12.0 Å². The molecule has 0 aliphatic carbocycles. The van der Waals surface area contributed by atoms with Crippen molar-refractivity contribution in [2.75, 3.05) is 25.1 Å². The largest absolute Gasteiger partial charge is 0.392 e. The summed E-state index contributed by atoms with van der Waals surface area (Å²) in [5.41, 5.74) is 0.884. The number of hydrogen-bond acceptors (Lipinski definition) is 4. The van der Waals surface area contributed by atoms with E-state index in [-0.39, 0.29) is 6.61 Å². The minimum Gasteiger partial charge on any atom is -0.392 e. The van der Waals surface area contributed by atoms with Crippen molar-refractivity contribution in [1.29, 1.82) is 0 Å². The molecule has 2 heterocycles. The lowest BCUT2D eigenvalue weighted by molar-refractivity contribution is 0.121. The Hall–Kier alpha value is -1.13. The number of rotatable bonds is 3. The minimum atomic E-state index is 0.0390. The van der Waals surface area contributed by atoms with E-state index in [1.165, 1.54) is 0 Å². The van der Waals surface area contributed by atoms with Gasteiger partial charge in [0.2, 0.25) is 0 Å². The van der Waals surface area contributed by atoms with Crippen molar-refractivity contribution < 1.29 is 9.84 Å². The molecule has 1 aromatic rings. The molecule has 1 aliphatic heterocycles. The zero-order chi connectivity index (χ0) is 10.7. The highest BCUT2D eigenvalue weighted by atomic mass is 16.5. The number of aliphatic hydroxyl groups is 1. The molecular weight excluding hydrogens is 192 g/mol. The van der Waals surface area contributed by atoms with Crippen molar-refractivity contribution >= 4 is 5.82 Å². The summed E-state index contributed by atoms with van der Waals surface area (Å²) in [4.78, 5) is 6.48. The van der Waals surface area contributed by atoms with Gasteiger partial charge in [-0.05, 0) is 12.5 Å². The van der Waals surface area contributed by atoms with Gasteiger partial charge in [-0.15, -0.1) is 0 Å². The Bertz CT molecular complexity index is 330. The number of pyridine rings is 1. The summed E-state index contributed by atoms with van der Waals surface area (Å²) in [5.74, 6) is 0.888. The number of aliphatic hydroxyl groups excluding tert-OH is 1. The zero-order valence-corrected chi connectivity index (χ0v) is 8.89. The van der Waals surface area contributed by atoms with Gasteiger partial charge in [-0.25, -0.2) is 4.98 Å². The van der Waals surface area contributed by atoms with Gasteiger partial charge < -0.3 is 14.7 Å². The van der Waals surface area contributed by atoms with E-state index >= 15 is 0 Å². The standard InChI is InChI=1S/C11H16N2O2/c1-15-10-4-6-13(7-10)11-9(8-14)3-2-5-12-11/h2-3,5,10,14H,4,6-8H2,1H3. The van der Waals surface area contributed by atoms with Crippen LogP contribution in [-0.2, 0) is 11.3 Å². The number of nitrogens with zero attached hydrogens (tertiary/aromatic N) is 2. The molecule has 0 bridgehead atoms. The van der Waals surface area contributed by atoms with Crippen LogP contribution in [0.5, 0.6) is 0 Å². The highest BCUT2D eigenvalue weighted by Gasteiger charge is 2.24. The Balaban J connectivity index is 2.16. The third-order valence-corrected chi connectivity index (χ3v) is 2.82. The van der Waals surface area contributed by atoms with Gasteiger partial charge in [-0.2, -0.15) is 0 Å². The van der Waals surface area contributed by atoms with Crippen molar-refractivity contribution in [1.82, 2.24) is 4.98 Å². The molecule has 0 saturated carbocycles. The van der Waals surface area contributed by atoms with Crippen molar-refractivity contribution in [2.24, 2.45) is 0 Å². The third kappa shape index (κ3) is 2.11. The summed E-state index contributed by atoms with van der Waals surface area (Å²) in [6, 6.07) is 3.75. The fraction of sp³-hybridized carbons (Fsp3) is 0.545. The molecule has 1 fully saturated rings. The Kier molecular flexibility index (Phi) is 3.18. The lowest BCUT2D eigenvalue weighted by Gasteiger charge is -2.19. The first-order valence-electron chi connectivity index (χ1n) is 5.17. The van der Waals surface area contributed by atoms with Gasteiger partial charge in [0.1, 0.15) is 5.82 Å². The average Bonchev–Trinajstić information content (AvgIpc) is 2.77. The van der Waals surface area contributed by atoms with E-state index in [0.717, 1.165) is 30.9 Å². The van der Waals surface area contributed by atoms with Crippen LogP contribution in [0, 0.1) is 0 Å². The van der Waals surface area contributed by atoms with Gasteiger partial charge in [0.05, 0.1) is 12.7 Å². The van der Waals surface area contributed by atoms with Gasteiger partial charge >= 0.3 is 0 Å². The number of anilines is 1. The van der Waals surface area contributed by atoms with E-state index < -0.39 is 0 Å². The van der Waals surface area contributed by atoms with Gasteiger partial charge in [-0.3, -0.25) is 0 Å². The zero-order valence-electron chi connectivity index (χ0n) is 8.89. The van der Waals surface area contributed by atoms with E-state index in [1.54, 1.807) is 13.3 Å². The second kappa shape index (κ2) is 4.59. The van der Waals surface area contributed by atoms with Crippen molar-refractivity contribution in [3.8, 4) is 0 Å². The number of hydrogen-bond donors (Lipinski definition) is 1. The second-order valence-electron chi connectivity index (χ2n) is 3.74. The smallest absolute Gasteiger partial charge is 0.134 e. The summed E-state index contributed by atoms with van der Waals surface area (Å²) in [5, 5.41) is 9.20. The Labute approximate surface area is 89.5 Å². The molecule has 4 nitrogen and oxygen atoms in total. The molecule has 0 aromatic carbocycles. The predicted molar refractivity (Wildman–Crippen MR) is 57.8 cm³/mol. The maximum absolute atomic E-state index is 9.20. The van der Waals surface area contributed by atoms with Crippen LogP contribution in [-0.4, -0.2) is 36.4 Å². The highest BCUT2D eigenvalue weighted by molar-refractivity contribution is 5.47. The topological polar surface area (TPSA) is 45.6 Å². The number of aromatic nitrogens is 1. The second-order valence-corrected chi connectivity index (χ2v) is 3.74. The van der Waals surface area contributed by atoms with Gasteiger partial charge in [0.15, 0.2) is 0 Å². The molecule has 1 aromatic heterocycles. The summed E-state index contributed by atoms with van der Waals surface area (Å²) in [6.45, 7) is 1.85. The molecule has 0 amide bonds. The van der Waals surface area contributed by atoms with E-state index in [9.17, 15) is 5.11 Å². The molecule has 4 heteroatoms. The highest BCUT2D eigenvalue weighted by Crippen LogP contribution is 2.22. The monoisotopic (exact) mass is 208 g/mol. The van der Waals surface area contributed by atoms with Crippen LogP contribution in [0.4, 0.5) is 5.82 Å². The Morgan fingerprint density at radius 2 is 2.53 bits per heavy atom. The molecule has 82 valence electrons. The normalized spacial score (nSPS) is 20.9. The van der Waals surface area contributed by atoms with Crippen LogP contribution in [0.3, 0.4) is 0 Å². The number of methoxy groups -OCH3 is 1. The molecule has 1 saturated heterocycles. The molecule has 1 N–H and O–H groups in total. The summed E-state index contributed by atoms with van der Waals surface area (Å²) >= 11 is 0. The van der Waals surface area contributed by atoms with Crippen LogP contribution >= 0.6 is 0 Å². The van der Waals surface area contributed by atoms with Crippen LogP contribution in [0.2, 0.25) is 0 Å². The van der Waals surface area contributed by atoms with Crippen LogP contribution in [0.25, 0.3) is 0 Å². The molecular formula is C11H16N2O2. The lowest BCUT2D eigenvalue weighted by atomic mass is 10.2. The van der Waals surface area contributed by atoms with Gasteiger partial charge in [0.25, 0.3) is 0 Å². The molecule has 0 spiro atoms. The maximum Gasteiger partial charge on any atom is 0.134 e. The van der Waals surface area contributed by atoms with Crippen molar-refractivity contribution in [2.45, 2.75) is 19.1 Å². The van der Waals surface area contributed by atoms with Crippen LogP contribution < -0.4 is 4.90 Å². The average molecular weight is 208 g/mol. The minimum absolute atomic E-state index is 0.0390. The molecule has 0 radical (unpaired) electrons. The molecule has 1 unspecified atom stereocenters. The third-order valence-electron chi connectivity index (χ3n) is 2.82. The lowest BCUT2D eigenvalue weighted by Crippen LogP contribution is -2.24. The SMILES string of the molecule is COC1CCN(c2ncccc2CO)C1. The molecule has 15 heavy (non-hydrogen) atoms. The number of ether oxygens (including phenoxy) is 1. The van der Waals surface area contributed by atoms with Crippen molar-refractivity contribution in [3.63, 3.8) is 0 Å². The molecule has 2 rings (SSSR count). The molecule has 1 atom stereocenters. The summed E-state index contributed by atoms with van der Waals surface area (Å²) < 4.78 is 5.30. The maximum atomic E-state index is 9.20. The Morgan fingerprint density at radius 3 is 3.20 bits per heavy atom. The summed E-state index contributed by atoms with van der Waals surface area (Å²) in [6.07, 6.45) is 3.07. The first-order chi connectivity index (χ1) is 7.35. The van der Waals surface area contributed by atoms with E-state index in [0.29, 0.717) is 6.10 Å². The fourth-order valence-electron chi connectivity index (χ4n) is 1.95. The van der Waals surface area contributed by atoms with Crippen molar-refractivity contribution in [3.05, 3.63) is 23.9 Å². The first-order valence-corrected chi connectivity index (χ1v) is 5.17. The van der Waals surface area contributed by atoms with Gasteiger partial charge in [-0.1, -0.05) is 6.07 Å². The fourth-order valence-corrected chi connectivity index (χ4v) is 1.95. The van der Waals surface area contributed by atoms with E-state index in [1.807, 2.05) is 12.1 Å². The van der Waals surface area contributed by atoms with Crippen LogP contribution in [0.15, 0.2) is 18.3 Å². The van der Waals surface area contributed by atoms with E-state index in [4.69, 9.17) is 4.74 Å². The predicted octanol–water partition coefficient (Wildman–Crippen LogP) is 0.799. The van der Waals surface area contributed by atoms with E-state index in [2.05, 4.69) is 9.88 Å². The quantitative estimate of drug-likeness (QED) is 0.798. The Morgan fingerprint density at radius 1 is 1.67 bits per heavy atom. The molecule has 1 aliphatic rings. The van der Waals surface area contributed by atoms with Gasteiger partial charge in [0, 0.05) is 32.0 Å². The summed E-state index contributed by atoms with van der Waals surface area (Å²) in [7, 11) is 1.74.